The molecule has 0 aliphatic rings. The van der Waals surface area contributed by atoms with Crippen LogP contribution >= 0.6 is 0 Å². The SMILES string of the molecule is CC(=O)Nc1ccc(F)c(NC(=O)CNS(=O)(=O)c2cccc(C(F)(F)F)c2)c1. The van der Waals surface area contributed by atoms with E-state index in [1.165, 1.54) is 13.0 Å². The zero-order valence-electron chi connectivity index (χ0n) is 14.8. The average Bonchev–Trinajstić information content (AvgIpc) is 2.62. The van der Waals surface area contributed by atoms with E-state index < -0.39 is 50.8 Å². The molecule has 2 rings (SSSR count). The van der Waals surface area contributed by atoms with Crippen LogP contribution in [0.3, 0.4) is 0 Å². The Morgan fingerprint density at radius 3 is 2.34 bits per heavy atom. The van der Waals surface area contributed by atoms with Gasteiger partial charge >= 0.3 is 6.18 Å². The van der Waals surface area contributed by atoms with Gasteiger partial charge in [0, 0.05) is 12.6 Å². The minimum Gasteiger partial charge on any atom is -0.326 e. The summed E-state index contributed by atoms with van der Waals surface area (Å²) in [6.07, 6.45) is -4.74. The van der Waals surface area contributed by atoms with Gasteiger partial charge in [0.1, 0.15) is 5.82 Å². The third kappa shape index (κ3) is 6.26. The lowest BCUT2D eigenvalue weighted by Crippen LogP contribution is -2.33. The summed E-state index contributed by atoms with van der Waals surface area (Å²) in [4.78, 5) is 22.3. The number of halogens is 4. The van der Waals surface area contributed by atoms with E-state index in [9.17, 15) is 35.6 Å². The Bertz CT molecular complexity index is 1040. The van der Waals surface area contributed by atoms with Crippen LogP contribution in [-0.4, -0.2) is 26.8 Å². The molecule has 0 spiro atoms. The van der Waals surface area contributed by atoms with Gasteiger partial charge in [0.15, 0.2) is 0 Å². The van der Waals surface area contributed by atoms with E-state index in [0.29, 0.717) is 12.1 Å². The van der Waals surface area contributed by atoms with Crippen molar-refractivity contribution in [3.8, 4) is 0 Å². The second-order valence-corrected chi connectivity index (χ2v) is 7.54. The second-order valence-electron chi connectivity index (χ2n) is 5.77. The minimum absolute atomic E-state index is 0.193. The summed E-state index contributed by atoms with van der Waals surface area (Å²) in [6.45, 7) is 0.368. The Hall–Kier alpha value is -2.99. The van der Waals surface area contributed by atoms with Crippen LogP contribution < -0.4 is 15.4 Å². The third-order valence-electron chi connectivity index (χ3n) is 3.46. The summed E-state index contributed by atoms with van der Waals surface area (Å²) in [5, 5.41) is 4.49. The summed E-state index contributed by atoms with van der Waals surface area (Å²) in [6, 6.07) is 6.34. The largest absolute Gasteiger partial charge is 0.416 e. The van der Waals surface area contributed by atoms with Gasteiger partial charge in [0.25, 0.3) is 0 Å². The summed E-state index contributed by atoms with van der Waals surface area (Å²) in [5.41, 5.74) is -1.29. The molecule has 0 unspecified atom stereocenters. The van der Waals surface area contributed by atoms with Crippen molar-refractivity contribution in [1.82, 2.24) is 4.72 Å². The highest BCUT2D eigenvalue weighted by atomic mass is 32.2. The molecule has 0 aromatic heterocycles. The number of benzene rings is 2. The first-order valence-electron chi connectivity index (χ1n) is 7.92. The topological polar surface area (TPSA) is 104 Å². The van der Waals surface area contributed by atoms with Crippen molar-refractivity contribution in [2.24, 2.45) is 0 Å². The molecule has 2 aromatic carbocycles. The van der Waals surface area contributed by atoms with Gasteiger partial charge in [-0.15, -0.1) is 0 Å². The van der Waals surface area contributed by atoms with Crippen LogP contribution in [0, 0.1) is 5.82 Å². The van der Waals surface area contributed by atoms with Gasteiger partial charge in [-0.2, -0.15) is 13.2 Å². The number of amides is 2. The summed E-state index contributed by atoms with van der Waals surface area (Å²) in [5.74, 6) is -2.24. The monoisotopic (exact) mass is 433 g/mol. The molecule has 0 atom stereocenters. The molecule has 2 aromatic rings. The molecule has 0 bridgehead atoms. The zero-order valence-corrected chi connectivity index (χ0v) is 15.6. The van der Waals surface area contributed by atoms with Gasteiger partial charge in [0.05, 0.1) is 22.7 Å². The number of hydrogen-bond donors (Lipinski definition) is 3. The first kappa shape index (κ1) is 22.3. The Morgan fingerprint density at radius 1 is 1.03 bits per heavy atom. The molecule has 0 aliphatic heterocycles. The summed E-state index contributed by atoms with van der Waals surface area (Å²) in [7, 11) is -4.43. The molecule has 0 aliphatic carbocycles. The Kier molecular flexibility index (Phi) is 6.59. The predicted molar refractivity (Wildman–Crippen MR) is 96.0 cm³/mol. The lowest BCUT2D eigenvalue weighted by Gasteiger charge is -2.11. The molecule has 0 saturated carbocycles. The molecule has 7 nitrogen and oxygen atoms in total. The number of rotatable bonds is 6. The van der Waals surface area contributed by atoms with Crippen LogP contribution in [0.4, 0.5) is 28.9 Å². The minimum atomic E-state index is -4.74. The van der Waals surface area contributed by atoms with E-state index in [4.69, 9.17) is 0 Å². The number of carbonyl (C=O) groups is 2. The Morgan fingerprint density at radius 2 is 1.72 bits per heavy atom. The number of anilines is 2. The van der Waals surface area contributed by atoms with Crippen LogP contribution in [0.1, 0.15) is 12.5 Å². The van der Waals surface area contributed by atoms with E-state index in [0.717, 1.165) is 24.3 Å². The highest BCUT2D eigenvalue weighted by Crippen LogP contribution is 2.30. The predicted octanol–water partition coefficient (Wildman–Crippen LogP) is 2.72. The second kappa shape index (κ2) is 8.57. The number of carbonyl (C=O) groups excluding carboxylic acids is 2. The summed E-state index contributed by atoms with van der Waals surface area (Å²) >= 11 is 0. The standard InChI is InChI=1S/C17H15F4N3O4S/c1-10(25)23-12-5-6-14(18)15(8-12)24-16(26)9-22-29(27,28)13-4-2-3-11(7-13)17(19,20)21/h2-8,22H,9H2,1H3,(H,23,25)(H,24,26). The van der Waals surface area contributed by atoms with Crippen LogP contribution in [0.25, 0.3) is 0 Å². The highest BCUT2D eigenvalue weighted by molar-refractivity contribution is 7.89. The quantitative estimate of drug-likeness (QED) is 0.610. The molecular weight excluding hydrogens is 418 g/mol. The molecule has 29 heavy (non-hydrogen) atoms. The first-order valence-corrected chi connectivity index (χ1v) is 9.41. The van der Waals surface area contributed by atoms with E-state index in [2.05, 4.69) is 10.6 Å². The molecule has 0 radical (unpaired) electrons. The molecule has 3 N–H and O–H groups in total. The fourth-order valence-corrected chi connectivity index (χ4v) is 3.21. The van der Waals surface area contributed by atoms with Crippen molar-refractivity contribution >= 4 is 33.2 Å². The lowest BCUT2D eigenvalue weighted by molar-refractivity contribution is -0.137. The fourth-order valence-electron chi connectivity index (χ4n) is 2.18. The maximum Gasteiger partial charge on any atom is 0.416 e. The third-order valence-corrected chi connectivity index (χ3v) is 4.85. The van der Waals surface area contributed by atoms with Crippen molar-refractivity contribution in [1.29, 1.82) is 0 Å². The maximum atomic E-state index is 13.8. The highest BCUT2D eigenvalue weighted by Gasteiger charge is 2.31. The van der Waals surface area contributed by atoms with Gasteiger partial charge < -0.3 is 10.6 Å². The molecule has 0 heterocycles. The molecular formula is C17H15F4N3O4S. The first-order chi connectivity index (χ1) is 13.4. The lowest BCUT2D eigenvalue weighted by atomic mass is 10.2. The number of nitrogens with one attached hydrogen (secondary N) is 3. The summed E-state index contributed by atoms with van der Waals surface area (Å²) < 4.78 is 78.1. The number of alkyl halides is 3. The smallest absolute Gasteiger partial charge is 0.326 e. The number of hydrogen-bond acceptors (Lipinski definition) is 4. The molecule has 12 heteroatoms. The Labute approximate surface area is 163 Å². The van der Waals surface area contributed by atoms with E-state index in [-0.39, 0.29) is 11.4 Å². The van der Waals surface area contributed by atoms with Gasteiger partial charge in [-0.25, -0.2) is 17.5 Å². The van der Waals surface area contributed by atoms with Gasteiger partial charge in [0.2, 0.25) is 21.8 Å². The van der Waals surface area contributed by atoms with Crippen molar-refractivity contribution in [2.75, 3.05) is 17.2 Å². The van der Waals surface area contributed by atoms with Crippen molar-refractivity contribution < 1.29 is 35.6 Å². The van der Waals surface area contributed by atoms with Gasteiger partial charge in [-0.05, 0) is 36.4 Å². The van der Waals surface area contributed by atoms with Crippen LogP contribution in [0.15, 0.2) is 47.4 Å². The Balaban J connectivity index is 2.08. The fraction of sp³-hybridized carbons (Fsp3) is 0.176. The van der Waals surface area contributed by atoms with Crippen molar-refractivity contribution in [2.45, 2.75) is 18.0 Å². The van der Waals surface area contributed by atoms with Gasteiger partial charge in [-0.1, -0.05) is 6.07 Å². The van der Waals surface area contributed by atoms with Crippen molar-refractivity contribution in [3.05, 3.63) is 53.8 Å². The molecule has 2 amide bonds. The maximum absolute atomic E-state index is 13.8. The van der Waals surface area contributed by atoms with Crippen molar-refractivity contribution in [3.63, 3.8) is 0 Å². The van der Waals surface area contributed by atoms with Crippen LogP contribution in [0.5, 0.6) is 0 Å². The van der Waals surface area contributed by atoms with E-state index >= 15 is 0 Å². The normalized spacial score (nSPS) is 11.8. The molecule has 156 valence electrons. The molecule has 0 saturated heterocycles. The molecule has 0 fully saturated rings. The van der Waals surface area contributed by atoms with Crippen LogP contribution in [-0.2, 0) is 25.8 Å². The number of sulfonamides is 1. The van der Waals surface area contributed by atoms with E-state index in [1.54, 1.807) is 0 Å². The van der Waals surface area contributed by atoms with Crippen LogP contribution in [0.2, 0.25) is 0 Å². The van der Waals surface area contributed by atoms with Gasteiger partial charge in [-0.3, -0.25) is 9.59 Å². The average molecular weight is 433 g/mol. The van der Waals surface area contributed by atoms with E-state index in [1.807, 2.05) is 4.72 Å². The zero-order chi connectivity index (χ0) is 21.8.